The fourth-order valence-electron chi connectivity index (χ4n) is 6.35. The van der Waals surface area contributed by atoms with Crippen LogP contribution in [0.2, 0.25) is 0 Å². The van der Waals surface area contributed by atoms with E-state index < -0.39 is 17.3 Å². The normalized spacial score (nSPS) is 14.1. The number of carbonyl (C=O) groups is 2. The molecule has 10 nitrogen and oxygen atoms in total. The van der Waals surface area contributed by atoms with E-state index in [1.165, 1.54) is 5.56 Å². The zero-order valence-electron chi connectivity index (χ0n) is 30.3. The molecule has 1 unspecified atom stereocenters. The molecule has 0 spiro atoms. The summed E-state index contributed by atoms with van der Waals surface area (Å²) in [5.74, 6) is -0.307. The third kappa shape index (κ3) is 8.66. The lowest BCUT2D eigenvalue weighted by Crippen LogP contribution is -2.39. The number of hydrogen-bond donors (Lipinski definition) is 1. The van der Waals surface area contributed by atoms with E-state index in [0.29, 0.717) is 38.4 Å². The Kier molecular flexibility index (Phi) is 10.5. The van der Waals surface area contributed by atoms with Crippen molar-refractivity contribution >= 4 is 23.1 Å². The Balaban J connectivity index is 1.19. The molecule has 2 heterocycles. The predicted octanol–water partition coefficient (Wildman–Crippen LogP) is 7.29. The molecule has 1 aliphatic rings. The van der Waals surface area contributed by atoms with Crippen LogP contribution < -0.4 is 0 Å². The standard InChI is InChI=1S/C39H50N4O6/c1-24-19-27(20-25(2)33(24)36(45)48-38(4,5)6)23-47-18-10-16-43-32-14-13-31(26(3)34(32)40-41-43)35(44)29-12-11-28-15-17-42(22-30(28)21-29)37(46)49-39(7,8)9/h11-14,19-21,35,44H,10,15-18,22-23H2,1-9H3. The molecule has 0 aliphatic carbocycles. The number of carbonyl (C=O) groups excluding carboxylic acids is 2. The third-order valence-corrected chi connectivity index (χ3v) is 8.61. The van der Waals surface area contributed by atoms with Crippen molar-refractivity contribution in [1.29, 1.82) is 0 Å². The second kappa shape index (κ2) is 14.3. The average molecular weight is 671 g/mol. The van der Waals surface area contributed by atoms with Crippen molar-refractivity contribution < 1.29 is 28.9 Å². The lowest BCUT2D eigenvalue weighted by molar-refractivity contribution is 0.00669. The molecule has 3 aromatic carbocycles. The Bertz CT molecular complexity index is 1830. The summed E-state index contributed by atoms with van der Waals surface area (Å²) in [4.78, 5) is 27.1. The monoisotopic (exact) mass is 670 g/mol. The van der Waals surface area contributed by atoms with Gasteiger partial charge in [-0.3, -0.25) is 0 Å². The van der Waals surface area contributed by atoms with Crippen LogP contribution in [-0.4, -0.2) is 61.4 Å². The van der Waals surface area contributed by atoms with Crippen LogP contribution in [0.15, 0.2) is 42.5 Å². The highest BCUT2D eigenvalue weighted by atomic mass is 16.6. The minimum atomic E-state index is -0.851. The van der Waals surface area contributed by atoms with Crippen LogP contribution in [-0.2, 0) is 40.3 Å². The van der Waals surface area contributed by atoms with Crippen LogP contribution in [0, 0.1) is 20.8 Å². The van der Waals surface area contributed by atoms with Crippen LogP contribution in [0.25, 0.3) is 11.0 Å². The van der Waals surface area contributed by atoms with Crippen LogP contribution in [0.4, 0.5) is 4.79 Å². The van der Waals surface area contributed by atoms with Crippen LogP contribution >= 0.6 is 0 Å². The van der Waals surface area contributed by atoms with Crippen molar-refractivity contribution in [3.05, 3.63) is 92.5 Å². The average Bonchev–Trinajstić information content (AvgIpc) is 3.42. The van der Waals surface area contributed by atoms with Crippen LogP contribution in [0.3, 0.4) is 0 Å². The third-order valence-electron chi connectivity index (χ3n) is 8.61. The first-order chi connectivity index (χ1) is 23.0. The highest BCUT2D eigenvalue weighted by Crippen LogP contribution is 2.32. The van der Waals surface area contributed by atoms with Gasteiger partial charge in [-0.2, -0.15) is 0 Å². The fraction of sp³-hybridized carbons (Fsp3) is 0.487. The zero-order chi connectivity index (χ0) is 35.7. The van der Waals surface area contributed by atoms with Gasteiger partial charge in [0.25, 0.3) is 0 Å². The van der Waals surface area contributed by atoms with Gasteiger partial charge in [-0.25, -0.2) is 14.3 Å². The van der Waals surface area contributed by atoms with Gasteiger partial charge >= 0.3 is 12.1 Å². The quantitative estimate of drug-likeness (QED) is 0.146. The molecule has 1 N–H and O–H groups in total. The maximum atomic E-state index is 12.7. The number of fused-ring (bicyclic) bond motifs is 2. The van der Waals surface area contributed by atoms with E-state index in [-0.39, 0.29) is 12.1 Å². The largest absolute Gasteiger partial charge is 0.456 e. The summed E-state index contributed by atoms with van der Waals surface area (Å²) in [6.45, 7) is 19.7. The van der Waals surface area contributed by atoms with Gasteiger partial charge in [0.15, 0.2) is 0 Å². The molecule has 1 atom stereocenters. The fourth-order valence-corrected chi connectivity index (χ4v) is 6.35. The van der Waals surface area contributed by atoms with Gasteiger partial charge in [0, 0.05) is 26.2 Å². The number of hydrogen-bond acceptors (Lipinski definition) is 8. The molecular formula is C39H50N4O6. The van der Waals surface area contributed by atoms with Gasteiger partial charge in [0.05, 0.1) is 17.7 Å². The molecule has 0 saturated carbocycles. The number of benzene rings is 3. The summed E-state index contributed by atoms with van der Waals surface area (Å²) in [6.07, 6.45) is 0.310. The number of nitrogens with zero attached hydrogens (tertiary/aromatic N) is 4. The van der Waals surface area contributed by atoms with Gasteiger partial charge < -0.3 is 24.2 Å². The number of esters is 1. The van der Waals surface area contributed by atoms with Crippen molar-refractivity contribution in [2.24, 2.45) is 0 Å². The summed E-state index contributed by atoms with van der Waals surface area (Å²) < 4.78 is 19.0. The van der Waals surface area contributed by atoms with Crippen LogP contribution in [0.5, 0.6) is 0 Å². The molecule has 10 heteroatoms. The minimum Gasteiger partial charge on any atom is -0.456 e. The molecule has 1 amide bonds. The summed E-state index contributed by atoms with van der Waals surface area (Å²) >= 11 is 0. The van der Waals surface area contributed by atoms with E-state index >= 15 is 0 Å². The van der Waals surface area contributed by atoms with E-state index in [1.807, 2.05) is 109 Å². The first kappa shape index (κ1) is 36.0. The highest BCUT2D eigenvalue weighted by molar-refractivity contribution is 5.93. The zero-order valence-corrected chi connectivity index (χ0v) is 30.3. The van der Waals surface area contributed by atoms with Crippen molar-refractivity contribution in [1.82, 2.24) is 19.9 Å². The van der Waals surface area contributed by atoms with Crippen molar-refractivity contribution in [2.45, 2.75) is 112 Å². The lowest BCUT2D eigenvalue weighted by Gasteiger charge is -2.31. The molecule has 49 heavy (non-hydrogen) atoms. The van der Waals surface area contributed by atoms with Crippen LogP contribution in [0.1, 0.15) is 109 Å². The number of aromatic nitrogens is 3. The van der Waals surface area contributed by atoms with Gasteiger partial charge in [0.1, 0.15) is 22.8 Å². The molecule has 1 aliphatic heterocycles. The predicted molar refractivity (Wildman–Crippen MR) is 188 cm³/mol. The number of ether oxygens (including phenoxy) is 3. The Morgan fingerprint density at radius 1 is 0.918 bits per heavy atom. The first-order valence-electron chi connectivity index (χ1n) is 17.0. The lowest BCUT2D eigenvalue weighted by atomic mass is 9.92. The van der Waals surface area contributed by atoms with Gasteiger partial charge in [0.2, 0.25) is 0 Å². The van der Waals surface area contributed by atoms with E-state index in [0.717, 1.165) is 62.8 Å². The summed E-state index contributed by atoms with van der Waals surface area (Å²) in [7, 11) is 0. The Labute approximate surface area is 289 Å². The van der Waals surface area contributed by atoms with Gasteiger partial charge in [-0.1, -0.05) is 41.6 Å². The Morgan fingerprint density at radius 2 is 1.61 bits per heavy atom. The molecule has 0 radical (unpaired) electrons. The smallest absolute Gasteiger partial charge is 0.410 e. The van der Waals surface area contributed by atoms with Crippen molar-refractivity contribution in [2.75, 3.05) is 13.2 Å². The molecule has 5 rings (SSSR count). The molecule has 0 fully saturated rings. The molecule has 4 aromatic rings. The molecule has 0 bridgehead atoms. The number of rotatable bonds is 9. The van der Waals surface area contributed by atoms with E-state index in [1.54, 1.807) is 4.90 Å². The number of aliphatic hydroxyl groups excluding tert-OH is 1. The van der Waals surface area contributed by atoms with E-state index in [2.05, 4.69) is 10.3 Å². The van der Waals surface area contributed by atoms with E-state index in [9.17, 15) is 14.7 Å². The summed E-state index contributed by atoms with van der Waals surface area (Å²) in [5.41, 5.74) is 8.52. The maximum absolute atomic E-state index is 12.7. The Hall–Kier alpha value is -4.28. The number of aliphatic hydroxyl groups is 1. The van der Waals surface area contributed by atoms with Crippen molar-refractivity contribution in [3.8, 4) is 0 Å². The number of aryl methyl sites for hydroxylation is 4. The summed E-state index contributed by atoms with van der Waals surface area (Å²) in [6, 6.07) is 13.9. The highest BCUT2D eigenvalue weighted by Gasteiger charge is 2.27. The van der Waals surface area contributed by atoms with Crippen molar-refractivity contribution in [3.63, 3.8) is 0 Å². The SMILES string of the molecule is Cc1cc(COCCCn2nnc3c(C)c(C(O)c4ccc5c(c4)CN(C(=O)OC(C)(C)C)CC5)ccc32)cc(C)c1C(=O)OC(C)(C)C. The molecule has 1 aromatic heterocycles. The molecular weight excluding hydrogens is 620 g/mol. The Morgan fingerprint density at radius 3 is 2.29 bits per heavy atom. The minimum absolute atomic E-state index is 0.307. The van der Waals surface area contributed by atoms with Gasteiger partial charge in [-0.15, -0.1) is 5.10 Å². The first-order valence-corrected chi connectivity index (χ1v) is 17.0. The second-order valence-corrected chi connectivity index (χ2v) is 15.1. The number of amides is 1. The maximum Gasteiger partial charge on any atom is 0.410 e. The van der Waals surface area contributed by atoms with E-state index in [4.69, 9.17) is 14.2 Å². The second-order valence-electron chi connectivity index (χ2n) is 15.1. The molecule has 0 saturated heterocycles. The topological polar surface area (TPSA) is 116 Å². The molecule has 262 valence electrons. The summed E-state index contributed by atoms with van der Waals surface area (Å²) in [5, 5.41) is 20.3. The van der Waals surface area contributed by atoms with Gasteiger partial charge in [-0.05, 0) is 126 Å².